The van der Waals surface area contributed by atoms with Crippen LogP contribution >= 0.6 is 11.3 Å². The van der Waals surface area contributed by atoms with E-state index in [0.717, 1.165) is 40.8 Å². The summed E-state index contributed by atoms with van der Waals surface area (Å²) in [6.45, 7) is 4.84. The van der Waals surface area contributed by atoms with Crippen LogP contribution in [0.1, 0.15) is 30.7 Å². The Labute approximate surface area is 144 Å². The second-order valence-corrected chi connectivity index (χ2v) is 7.49. The lowest BCUT2D eigenvalue weighted by Crippen LogP contribution is -2.13. The Bertz CT molecular complexity index is 958. The molecule has 1 aliphatic carbocycles. The monoisotopic (exact) mass is 340 g/mol. The Kier molecular flexibility index (Phi) is 3.88. The molecule has 0 fully saturated rings. The second kappa shape index (κ2) is 6.06. The topological polar surface area (TPSA) is 55.0 Å². The maximum absolute atomic E-state index is 12.7. The normalized spacial score (nSPS) is 17.0. The van der Waals surface area contributed by atoms with Gasteiger partial charge in [0, 0.05) is 10.4 Å². The minimum absolute atomic E-state index is 0.0242. The molecular formula is C19H20N2O2S. The number of rotatable bonds is 3. The molecule has 1 aromatic carbocycles. The predicted molar refractivity (Wildman–Crippen MR) is 98.0 cm³/mol. The van der Waals surface area contributed by atoms with Crippen molar-refractivity contribution >= 4 is 21.6 Å². The van der Waals surface area contributed by atoms with Crippen LogP contribution in [0.15, 0.2) is 29.1 Å². The van der Waals surface area contributed by atoms with E-state index in [-0.39, 0.29) is 5.56 Å². The molecule has 1 N–H and O–H groups in total. The molecule has 0 aliphatic heterocycles. The molecule has 1 aliphatic rings. The molecule has 0 bridgehead atoms. The minimum Gasteiger partial charge on any atom is -0.494 e. The lowest BCUT2D eigenvalue weighted by molar-refractivity contribution is 0.340. The van der Waals surface area contributed by atoms with Crippen molar-refractivity contribution in [2.24, 2.45) is 5.92 Å². The van der Waals surface area contributed by atoms with Gasteiger partial charge >= 0.3 is 0 Å². The molecule has 1 atom stereocenters. The van der Waals surface area contributed by atoms with Crippen molar-refractivity contribution in [1.82, 2.24) is 9.97 Å². The molecule has 2 aromatic heterocycles. The number of aromatic amines is 1. The Balaban J connectivity index is 1.84. The SMILES string of the molecule is CCOc1cccc(-c2nc3sc4c(c3c(=O)[nH]2)CCC(C)C4)c1. The van der Waals surface area contributed by atoms with Crippen molar-refractivity contribution in [1.29, 1.82) is 0 Å². The third kappa shape index (κ3) is 2.63. The summed E-state index contributed by atoms with van der Waals surface area (Å²) in [5, 5.41) is 0.798. The van der Waals surface area contributed by atoms with Crippen molar-refractivity contribution in [2.45, 2.75) is 33.1 Å². The summed E-state index contributed by atoms with van der Waals surface area (Å²) in [6, 6.07) is 7.70. The number of H-pyrrole nitrogens is 1. The summed E-state index contributed by atoms with van der Waals surface area (Å²) in [7, 11) is 0. The number of thiophene rings is 1. The summed E-state index contributed by atoms with van der Waals surface area (Å²) < 4.78 is 5.55. The molecule has 3 aromatic rings. The zero-order chi connectivity index (χ0) is 16.7. The molecule has 0 spiro atoms. The van der Waals surface area contributed by atoms with E-state index in [0.29, 0.717) is 18.3 Å². The van der Waals surface area contributed by atoms with Crippen LogP contribution in [0, 0.1) is 5.92 Å². The van der Waals surface area contributed by atoms with Gasteiger partial charge in [0.25, 0.3) is 5.56 Å². The number of ether oxygens (including phenoxy) is 1. The molecule has 1 unspecified atom stereocenters. The molecule has 0 saturated carbocycles. The zero-order valence-corrected chi connectivity index (χ0v) is 14.7. The van der Waals surface area contributed by atoms with E-state index >= 15 is 0 Å². The van der Waals surface area contributed by atoms with E-state index in [2.05, 4.69) is 11.9 Å². The number of nitrogens with one attached hydrogen (secondary N) is 1. The van der Waals surface area contributed by atoms with Gasteiger partial charge in [0.1, 0.15) is 16.4 Å². The standard InChI is InChI=1S/C19H20N2O2S/c1-3-23-13-6-4-5-12(10-13)17-20-18(22)16-14-8-7-11(2)9-15(14)24-19(16)21-17/h4-6,10-11H,3,7-9H2,1-2H3,(H,20,21,22). The average molecular weight is 340 g/mol. The van der Waals surface area contributed by atoms with Crippen LogP contribution in [0.5, 0.6) is 5.75 Å². The first-order valence-electron chi connectivity index (χ1n) is 8.43. The van der Waals surface area contributed by atoms with Crippen molar-refractivity contribution in [3.05, 3.63) is 45.1 Å². The summed E-state index contributed by atoms with van der Waals surface area (Å²) >= 11 is 1.68. The number of fused-ring (bicyclic) bond motifs is 3. The van der Waals surface area contributed by atoms with Gasteiger partial charge in [0.05, 0.1) is 12.0 Å². The highest BCUT2D eigenvalue weighted by atomic mass is 32.1. The van der Waals surface area contributed by atoms with Crippen molar-refractivity contribution in [2.75, 3.05) is 6.61 Å². The number of nitrogens with zero attached hydrogens (tertiary/aromatic N) is 1. The predicted octanol–water partition coefficient (Wildman–Crippen LogP) is 4.18. The van der Waals surface area contributed by atoms with Gasteiger partial charge in [-0.15, -0.1) is 11.3 Å². The third-order valence-corrected chi connectivity index (χ3v) is 5.73. The van der Waals surface area contributed by atoms with E-state index in [9.17, 15) is 4.79 Å². The maximum atomic E-state index is 12.7. The second-order valence-electron chi connectivity index (χ2n) is 6.41. The highest BCUT2D eigenvalue weighted by Gasteiger charge is 2.23. The molecule has 5 heteroatoms. The maximum Gasteiger partial charge on any atom is 0.260 e. The van der Waals surface area contributed by atoms with E-state index in [1.807, 2.05) is 31.2 Å². The molecule has 4 nitrogen and oxygen atoms in total. The van der Waals surface area contributed by atoms with E-state index in [1.54, 1.807) is 11.3 Å². The van der Waals surface area contributed by atoms with Crippen LogP contribution in [0.3, 0.4) is 0 Å². The first-order valence-corrected chi connectivity index (χ1v) is 9.25. The summed E-state index contributed by atoms with van der Waals surface area (Å²) in [5.41, 5.74) is 2.07. The first-order chi connectivity index (χ1) is 11.7. The van der Waals surface area contributed by atoms with Crippen LogP contribution in [0.4, 0.5) is 0 Å². The van der Waals surface area contributed by atoms with Crippen LogP contribution < -0.4 is 10.3 Å². The first kappa shape index (κ1) is 15.4. The number of hydrogen-bond donors (Lipinski definition) is 1. The molecular weight excluding hydrogens is 320 g/mol. The Morgan fingerprint density at radius 2 is 2.29 bits per heavy atom. The van der Waals surface area contributed by atoms with Gasteiger partial charge in [-0.25, -0.2) is 4.98 Å². The molecule has 4 rings (SSSR count). The highest BCUT2D eigenvalue weighted by Crippen LogP contribution is 2.36. The average Bonchev–Trinajstić information content (AvgIpc) is 2.93. The van der Waals surface area contributed by atoms with Crippen LogP contribution in [-0.2, 0) is 12.8 Å². The minimum atomic E-state index is -0.0242. The lowest BCUT2D eigenvalue weighted by Gasteiger charge is -2.17. The van der Waals surface area contributed by atoms with Gasteiger partial charge in [0.15, 0.2) is 0 Å². The van der Waals surface area contributed by atoms with Crippen molar-refractivity contribution < 1.29 is 4.74 Å². The lowest BCUT2D eigenvalue weighted by atomic mass is 9.89. The molecule has 2 heterocycles. The smallest absolute Gasteiger partial charge is 0.260 e. The van der Waals surface area contributed by atoms with Gasteiger partial charge in [0.2, 0.25) is 0 Å². The van der Waals surface area contributed by atoms with Crippen LogP contribution in [0.2, 0.25) is 0 Å². The number of hydrogen-bond acceptors (Lipinski definition) is 4. The van der Waals surface area contributed by atoms with Gasteiger partial charge in [-0.05, 0) is 49.8 Å². The van der Waals surface area contributed by atoms with E-state index < -0.39 is 0 Å². The van der Waals surface area contributed by atoms with Gasteiger partial charge in [-0.3, -0.25) is 4.79 Å². The third-order valence-electron chi connectivity index (χ3n) is 4.58. The van der Waals surface area contributed by atoms with Gasteiger partial charge < -0.3 is 9.72 Å². The summed E-state index contributed by atoms with van der Waals surface area (Å²) in [4.78, 5) is 22.6. The molecule has 0 amide bonds. The molecule has 0 radical (unpaired) electrons. The zero-order valence-electron chi connectivity index (χ0n) is 13.9. The molecule has 0 saturated heterocycles. The van der Waals surface area contributed by atoms with Crippen molar-refractivity contribution in [3.63, 3.8) is 0 Å². The molecule has 24 heavy (non-hydrogen) atoms. The quantitative estimate of drug-likeness (QED) is 0.778. The Morgan fingerprint density at radius 1 is 1.42 bits per heavy atom. The Hall–Kier alpha value is -2.14. The number of benzene rings is 1. The number of aryl methyl sites for hydroxylation is 1. The van der Waals surface area contributed by atoms with Gasteiger partial charge in [-0.2, -0.15) is 0 Å². The highest BCUT2D eigenvalue weighted by molar-refractivity contribution is 7.18. The van der Waals surface area contributed by atoms with Crippen LogP contribution in [0.25, 0.3) is 21.6 Å². The fourth-order valence-corrected chi connectivity index (χ4v) is 4.77. The number of aromatic nitrogens is 2. The van der Waals surface area contributed by atoms with E-state index in [1.165, 1.54) is 10.4 Å². The summed E-state index contributed by atoms with van der Waals surface area (Å²) in [6.07, 6.45) is 3.20. The van der Waals surface area contributed by atoms with Crippen molar-refractivity contribution in [3.8, 4) is 17.1 Å². The fourth-order valence-electron chi connectivity index (χ4n) is 3.39. The fraction of sp³-hybridized carbons (Fsp3) is 0.368. The molecule has 124 valence electrons. The van der Waals surface area contributed by atoms with Crippen LogP contribution in [-0.4, -0.2) is 16.6 Å². The van der Waals surface area contributed by atoms with E-state index in [4.69, 9.17) is 9.72 Å². The van der Waals surface area contributed by atoms with Gasteiger partial charge in [-0.1, -0.05) is 19.1 Å². The largest absolute Gasteiger partial charge is 0.494 e. The Morgan fingerprint density at radius 3 is 3.12 bits per heavy atom. The summed E-state index contributed by atoms with van der Waals surface area (Å²) in [5.74, 6) is 2.09.